The second-order valence-electron chi connectivity index (χ2n) is 6.43. The summed E-state index contributed by atoms with van der Waals surface area (Å²) in [6.45, 7) is 10.9. The zero-order valence-corrected chi connectivity index (χ0v) is 13.4. The molecule has 0 aliphatic carbocycles. The predicted octanol–water partition coefficient (Wildman–Crippen LogP) is 1.61. The molecule has 2 N–H and O–H groups in total. The minimum atomic E-state index is 0.369. The average Bonchev–Trinajstić information content (AvgIpc) is 2.74. The maximum atomic E-state index is 5.85. The van der Waals surface area contributed by atoms with Crippen LogP contribution in [0.15, 0.2) is 0 Å². The third kappa shape index (κ3) is 5.68. The molecule has 3 unspecified atom stereocenters. The van der Waals surface area contributed by atoms with Crippen molar-refractivity contribution in [3.8, 4) is 0 Å². The number of morpholine rings is 1. The van der Waals surface area contributed by atoms with E-state index in [1.165, 1.54) is 38.6 Å². The summed E-state index contributed by atoms with van der Waals surface area (Å²) in [5.74, 6) is 0. The first-order chi connectivity index (χ1) is 9.78. The Morgan fingerprint density at radius 1 is 1.35 bits per heavy atom. The lowest BCUT2D eigenvalue weighted by Crippen LogP contribution is -2.48. The van der Waals surface area contributed by atoms with Crippen molar-refractivity contribution >= 4 is 0 Å². The monoisotopic (exact) mass is 283 g/mol. The fourth-order valence-electron chi connectivity index (χ4n) is 3.34. The maximum Gasteiger partial charge on any atom is 0.0826 e. The Hall–Kier alpha value is -0.160. The molecule has 2 aliphatic heterocycles. The first kappa shape index (κ1) is 16.2. The van der Waals surface area contributed by atoms with Gasteiger partial charge >= 0.3 is 0 Å². The van der Waals surface area contributed by atoms with Gasteiger partial charge in [-0.15, -0.1) is 0 Å². The third-order valence-electron chi connectivity index (χ3n) is 4.66. The lowest BCUT2D eigenvalue weighted by molar-refractivity contribution is -0.0263. The minimum absolute atomic E-state index is 0.369. The second-order valence-corrected chi connectivity index (χ2v) is 6.43. The van der Waals surface area contributed by atoms with Crippen LogP contribution in [0, 0.1) is 0 Å². The SMILES string of the molecule is CCN1CCOC(CNC(C)CC2CCCCCN2)C1. The molecule has 0 aromatic carbocycles. The molecular weight excluding hydrogens is 250 g/mol. The van der Waals surface area contributed by atoms with Gasteiger partial charge in [-0.25, -0.2) is 0 Å². The third-order valence-corrected chi connectivity index (χ3v) is 4.66. The fourth-order valence-corrected chi connectivity index (χ4v) is 3.34. The summed E-state index contributed by atoms with van der Waals surface area (Å²) < 4.78 is 5.85. The van der Waals surface area contributed by atoms with E-state index in [1.807, 2.05) is 0 Å². The van der Waals surface area contributed by atoms with Crippen LogP contribution < -0.4 is 10.6 Å². The van der Waals surface area contributed by atoms with Gasteiger partial charge in [0.1, 0.15) is 0 Å². The number of hydrogen-bond acceptors (Lipinski definition) is 4. The summed E-state index contributed by atoms with van der Waals surface area (Å²) in [4.78, 5) is 2.48. The van der Waals surface area contributed by atoms with Crippen LogP contribution in [-0.4, -0.2) is 62.4 Å². The van der Waals surface area contributed by atoms with Crippen LogP contribution in [0.2, 0.25) is 0 Å². The molecule has 0 radical (unpaired) electrons. The maximum absolute atomic E-state index is 5.85. The molecule has 20 heavy (non-hydrogen) atoms. The molecule has 0 aromatic heterocycles. The Kier molecular flexibility index (Phi) is 7.28. The molecule has 0 saturated carbocycles. The van der Waals surface area contributed by atoms with Gasteiger partial charge in [-0.3, -0.25) is 4.90 Å². The molecule has 2 saturated heterocycles. The summed E-state index contributed by atoms with van der Waals surface area (Å²) in [5.41, 5.74) is 0. The highest BCUT2D eigenvalue weighted by molar-refractivity contribution is 4.78. The zero-order chi connectivity index (χ0) is 14.2. The first-order valence-electron chi connectivity index (χ1n) is 8.58. The molecule has 118 valence electrons. The van der Waals surface area contributed by atoms with Gasteiger partial charge < -0.3 is 15.4 Å². The van der Waals surface area contributed by atoms with Crippen LogP contribution in [0.3, 0.4) is 0 Å². The van der Waals surface area contributed by atoms with Gasteiger partial charge in [0.15, 0.2) is 0 Å². The molecule has 4 heteroatoms. The highest BCUT2D eigenvalue weighted by Crippen LogP contribution is 2.13. The van der Waals surface area contributed by atoms with Crippen LogP contribution in [-0.2, 0) is 4.74 Å². The quantitative estimate of drug-likeness (QED) is 0.776. The van der Waals surface area contributed by atoms with E-state index < -0.39 is 0 Å². The van der Waals surface area contributed by atoms with E-state index in [0.717, 1.165) is 32.8 Å². The van der Waals surface area contributed by atoms with Crippen molar-refractivity contribution in [1.29, 1.82) is 0 Å². The van der Waals surface area contributed by atoms with Gasteiger partial charge in [0.05, 0.1) is 12.7 Å². The molecule has 2 fully saturated rings. The molecule has 4 nitrogen and oxygen atoms in total. The molecule has 2 aliphatic rings. The minimum Gasteiger partial charge on any atom is -0.374 e. The Bertz CT molecular complexity index is 254. The second kappa shape index (κ2) is 8.98. The zero-order valence-electron chi connectivity index (χ0n) is 13.4. The molecule has 2 heterocycles. The van der Waals surface area contributed by atoms with Crippen molar-refractivity contribution < 1.29 is 4.74 Å². The highest BCUT2D eigenvalue weighted by Gasteiger charge is 2.20. The van der Waals surface area contributed by atoms with Gasteiger partial charge in [-0.2, -0.15) is 0 Å². The summed E-state index contributed by atoms with van der Waals surface area (Å²) in [6.07, 6.45) is 7.09. The van der Waals surface area contributed by atoms with Crippen LogP contribution in [0.4, 0.5) is 0 Å². The lowest BCUT2D eigenvalue weighted by atomic mass is 10.0. The largest absolute Gasteiger partial charge is 0.374 e. The number of ether oxygens (including phenoxy) is 1. The number of rotatable bonds is 6. The van der Waals surface area contributed by atoms with Crippen LogP contribution >= 0.6 is 0 Å². The standard InChI is InChI=1S/C16H33N3O/c1-3-19-9-10-20-16(13-19)12-18-14(2)11-15-7-5-4-6-8-17-15/h14-18H,3-13H2,1-2H3. The molecular formula is C16H33N3O. The van der Waals surface area contributed by atoms with Crippen LogP contribution in [0.5, 0.6) is 0 Å². The Labute approximate surface area is 124 Å². The number of hydrogen-bond donors (Lipinski definition) is 2. The van der Waals surface area contributed by atoms with E-state index in [1.54, 1.807) is 0 Å². The molecule has 0 spiro atoms. The Morgan fingerprint density at radius 2 is 2.25 bits per heavy atom. The van der Waals surface area contributed by atoms with E-state index in [4.69, 9.17) is 4.74 Å². The van der Waals surface area contributed by atoms with Gasteiger partial charge in [0.25, 0.3) is 0 Å². The van der Waals surface area contributed by atoms with Crippen molar-refractivity contribution in [3.63, 3.8) is 0 Å². The van der Waals surface area contributed by atoms with Crippen LogP contribution in [0.1, 0.15) is 46.0 Å². The topological polar surface area (TPSA) is 36.5 Å². The normalized spacial score (nSPS) is 30.9. The Morgan fingerprint density at radius 3 is 3.10 bits per heavy atom. The smallest absolute Gasteiger partial charge is 0.0826 e. The summed E-state index contributed by atoms with van der Waals surface area (Å²) in [7, 11) is 0. The average molecular weight is 283 g/mol. The fraction of sp³-hybridized carbons (Fsp3) is 1.00. The summed E-state index contributed by atoms with van der Waals surface area (Å²) in [5, 5.41) is 7.36. The van der Waals surface area contributed by atoms with Crippen molar-refractivity contribution in [3.05, 3.63) is 0 Å². The summed E-state index contributed by atoms with van der Waals surface area (Å²) >= 11 is 0. The van der Waals surface area contributed by atoms with Crippen molar-refractivity contribution in [2.24, 2.45) is 0 Å². The molecule has 0 aromatic rings. The molecule has 0 amide bonds. The van der Waals surface area contributed by atoms with Crippen molar-refractivity contribution in [2.75, 3.05) is 39.3 Å². The first-order valence-corrected chi connectivity index (χ1v) is 8.58. The van der Waals surface area contributed by atoms with Gasteiger partial charge in [-0.1, -0.05) is 19.8 Å². The lowest BCUT2D eigenvalue weighted by Gasteiger charge is -2.33. The molecule has 0 bridgehead atoms. The molecule has 3 atom stereocenters. The highest BCUT2D eigenvalue weighted by atomic mass is 16.5. The number of nitrogens with one attached hydrogen (secondary N) is 2. The van der Waals surface area contributed by atoms with Crippen LogP contribution in [0.25, 0.3) is 0 Å². The van der Waals surface area contributed by atoms with Gasteiger partial charge in [-0.05, 0) is 39.3 Å². The van der Waals surface area contributed by atoms with E-state index in [-0.39, 0.29) is 0 Å². The van der Waals surface area contributed by atoms with E-state index in [2.05, 4.69) is 29.4 Å². The predicted molar refractivity (Wildman–Crippen MR) is 84.2 cm³/mol. The van der Waals surface area contributed by atoms with E-state index >= 15 is 0 Å². The Balaban J connectivity index is 1.62. The summed E-state index contributed by atoms with van der Waals surface area (Å²) in [6, 6.07) is 1.28. The number of likely N-dealkylation sites (N-methyl/N-ethyl adjacent to an activating group) is 1. The van der Waals surface area contributed by atoms with Crippen molar-refractivity contribution in [2.45, 2.75) is 64.1 Å². The van der Waals surface area contributed by atoms with Crippen molar-refractivity contribution in [1.82, 2.24) is 15.5 Å². The van der Waals surface area contributed by atoms with Gasteiger partial charge in [0, 0.05) is 31.7 Å². The number of nitrogens with zero attached hydrogens (tertiary/aromatic N) is 1. The van der Waals surface area contributed by atoms with E-state index in [0.29, 0.717) is 18.2 Å². The van der Waals surface area contributed by atoms with Gasteiger partial charge in [0.2, 0.25) is 0 Å². The molecule has 2 rings (SSSR count). The van der Waals surface area contributed by atoms with E-state index in [9.17, 15) is 0 Å².